The first-order valence-corrected chi connectivity index (χ1v) is 6.72. The molecule has 17 heavy (non-hydrogen) atoms. The molecule has 100 valence electrons. The van der Waals surface area contributed by atoms with Crippen LogP contribution in [0.2, 0.25) is 0 Å². The number of piperidine rings is 1. The first-order chi connectivity index (χ1) is 8.02. The van der Waals surface area contributed by atoms with Gasteiger partial charge in [-0.15, -0.1) is 0 Å². The van der Waals surface area contributed by atoms with Crippen LogP contribution in [0.1, 0.15) is 33.1 Å². The van der Waals surface area contributed by atoms with Crippen molar-refractivity contribution in [1.82, 2.24) is 10.2 Å². The second kappa shape index (κ2) is 6.97. The Hall–Kier alpha value is -0.610. The van der Waals surface area contributed by atoms with Gasteiger partial charge in [-0.2, -0.15) is 0 Å². The molecule has 2 unspecified atom stereocenters. The SMILES string of the molecule is CC(C)CC(CN)C(=O)NC1CCCN(C)C1. The summed E-state index contributed by atoms with van der Waals surface area (Å²) in [6.07, 6.45) is 3.14. The summed E-state index contributed by atoms with van der Waals surface area (Å²) in [5.41, 5.74) is 5.68. The fourth-order valence-electron chi connectivity index (χ4n) is 2.48. The van der Waals surface area contributed by atoms with Crippen LogP contribution in [-0.2, 0) is 4.79 Å². The van der Waals surface area contributed by atoms with Crippen molar-refractivity contribution in [1.29, 1.82) is 0 Å². The van der Waals surface area contributed by atoms with Gasteiger partial charge in [-0.05, 0) is 38.8 Å². The van der Waals surface area contributed by atoms with Crippen molar-refractivity contribution in [3.05, 3.63) is 0 Å². The first-order valence-electron chi connectivity index (χ1n) is 6.72. The highest BCUT2D eigenvalue weighted by atomic mass is 16.2. The standard InChI is InChI=1S/C13H27N3O/c1-10(2)7-11(8-14)13(17)15-12-5-4-6-16(3)9-12/h10-12H,4-9,14H2,1-3H3,(H,15,17). The van der Waals surface area contributed by atoms with E-state index in [-0.39, 0.29) is 11.8 Å². The predicted molar refractivity (Wildman–Crippen MR) is 70.7 cm³/mol. The minimum absolute atomic E-state index is 0.0257. The molecule has 1 heterocycles. The number of nitrogens with one attached hydrogen (secondary N) is 1. The van der Waals surface area contributed by atoms with E-state index in [0.717, 1.165) is 25.9 Å². The summed E-state index contributed by atoms with van der Waals surface area (Å²) in [6.45, 7) is 6.81. The highest BCUT2D eigenvalue weighted by Crippen LogP contribution is 2.13. The van der Waals surface area contributed by atoms with E-state index in [1.165, 1.54) is 6.42 Å². The van der Waals surface area contributed by atoms with E-state index in [0.29, 0.717) is 18.5 Å². The fourth-order valence-corrected chi connectivity index (χ4v) is 2.48. The lowest BCUT2D eigenvalue weighted by Gasteiger charge is -2.31. The number of likely N-dealkylation sites (N-methyl/N-ethyl adjacent to an activating group) is 1. The molecule has 0 saturated carbocycles. The number of likely N-dealkylation sites (tertiary alicyclic amines) is 1. The van der Waals surface area contributed by atoms with E-state index in [1.807, 2.05) is 0 Å². The maximum Gasteiger partial charge on any atom is 0.224 e. The normalized spacial score (nSPS) is 23.7. The highest BCUT2D eigenvalue weighted by Gasteiger charge is 2.23. The Labute approximate surface area is 105 Å². The maximum absolute atomic E-state index is 12.1. The molecule has 1 aliphatic rings. The molecule has 3 N–H and O–H groups in total. The summed E-state index contributed by atoms with van der Waals surface area (Å²) >= 11 is 0. The van der Waals surface area contributed by atoms with Crippen LogP contribution in [0.25, 0.3) is 0 Å². The van der Waals surface area contributed by atoms with Crippen LogP contribution >= 0.6 is 0 Å². The van der Waals surface area contributed by atoms with E-state index < -0.39 is 0 Å². The molecule has 4 nitrogen and oxygen atoms in total. The van der Waals surface area contributed by atoms with Gasteiger partial charge in [0.25, 0.3) is 0 Å². The highest BCUT2D eigenvalue weighted by molar-refractivity contribution is 5.79. The molecule has 0 aromatic heterocycles. The van der Waals surface area contributed by atoms with Crippen molar-refractivity contribution in [2.24, 2.45) is 17.6 Å². The van der Waals surface area contributed by atoms with Gasteiger partial charge in [0.05, 0.1) is 5.92 Å². The van der Waals surface area contributed by atoms with Gasteiger partial charge in [0.15, 0.2) is 0 Å². The Bertz CT molecular complexity index is 243. The van der Waals surface area contributed by atoms with Gasteiger partial charge in [0, 0.05) is 19.1 Å². The topological polar surface area (TPSA) is 58.4 Å². The van der Waals surface area contributed by atoms with Crippen LogP contribution in [-0.4, -0.2) is 43.5 Å². The molecule has 1 aliphatic heterocycles. The van der Waals surface area contributed by atoms with E-state index in [9.17, 15) is 4.79 Å². The average Bonchev–Trinajstić information content (AvgIpc) is 2.25. The molecule has 1 fully saturated rings. The Kier molecular flexibility index (Phi) is 5.92. The zero-order valence-electron chi connectivity index (χ0n) is 11.4. The minimum atomic E-state index is -0.0257. The molecule has 0 radical (unpaired) electrons. The van der Waals surface area contributed by atoms with Gasteiger partial charge in [-0.25, -0.2) is 0 Å². The molecule has 1 rings (SSSR count). The number of nitrogens with zero attached hydrogens (tertiary/aromatic N) is 1. The van der Waals surface area contributed by atoms with Crippen LogP contribution in [0.15, 0.2) is 0 Å². The zero-order valence-corrected chi connectivity index (χ0v) is 11.4. The van der Waals surface area contributed by atoms with Crippen LogP contribution in [0.5, 0.6) is 0 Å². The third-order valence-electron chi connectivity index (χ3n) is 3.38. The molecule has 0 aliphatic carbocycles. The van der Waals surface area contributed by atoms with Gasteiger partial charge in [-0.3, -0.25) is 4.79 Å². The summed E-state index contributed by atoms with van der Waals surface area (Å²) in [7, 11) is 2.10. The van der Waals surface area contributed by atoms with Gasteiger partial charge in [-0.1, -0.05) is 13.8 Å². The van der Waals surface area contributed by atoms with Crippen molar-refractivity contribution >= 4 is 5.91 Å². The predicted octanol–water partition coefficient (Wildman–Crippen LogP) is 0.818. The number of hydrogen-bond acceptors (Lipinski definition) is 3. The van der Waals surface area contributed by atoms with Crippen molar-refractivity contribution in [3.63, 3.8) is 0 Å². The lowest BCUT2D eigenvalue weighted by Crippen LogP contribution is -2.49. The molecule has 0 aromatic rings. The Balaban J connectivity index is 2.40. The molecule has 0 bridgehead atoms. The van der Waals surface area contributed by atoms with Crippen molar-refractivity contribution in [2.45, 2.75) is 39.2 Å². The first kappa shape index (κ1) is 14.5. The quantitative estimate of drug-likeness (QED) is 0.749. The molecule has 4 heteroatoms. The van der Waals surface area contributed by atoms with Gasteiger partial charge >= 0.3 is 0 Å². The summed E-state index contributed by atoms with van der Waals surface area (Å²) in [4.78, 5) is 14.3. The lowest BCUT2D eigenvalue weighted by molar-refractivity contribution is -0.126. The zero-order chi connectivity index (χ0) is 12.8. The van der Waals surface area contributed by atoms with Crippen molar-refractivity contribution < 1.29 is 4.79 Å². The summed E-state index contributed by atoms with van der Waals surface area (Å²) in [5.74, 6) is 0.632. The summed E-state index contributed by atoms with van der Waals surface area (Å²) in [5, 5.41) is 3.15. The number of amides is 1. The summed E-state index contributed by atoms with van der Waals surface area (Å²) < 4.78 is 0. The molecule has 1 saturated heterocycles. The number of rotatable bonds is 5. The molecule has 0 aromatic carbocycles. The van der Waals surface area contributed by atoms with E-state index in [1.54, 1.807) is 0 Å². The second-order valence-corrected chi connectivity index (χ2v) is 5.67. The maximum atomic E-state index is 12.1. The average molecular weight is 241 g/mol. The van der Waals surface area contributed by atoms with Gasteiger partial charge in [0.2, 0.25) is 5.91 Å². The van der Waals surface area contributed by atoms with Gasteiger partial charge in [0.1, 0.15) is 0 Å². The largest absolute Gasteiger partial charge is 0.352 e. The van der Waals surface area contributed by atoms with Crippen molar-refractivity contribution in [3.8, 4) is 0 Å². The molecular weight excluding hydrogens is 214 g/mol. The van der Waals surface area contributed by atoms with E-state index in [2.05, 4.69) is 31.1 Å². The second-order valence-electron chi connectivity index (χ2n) is 5.67. The fraction of sp³-hybridized carbons (Fsp3) is 0.923. The molecule has 2 atom stereocenters. The van der Waals surface area contributed by atoms with Crippen molar-refractivity contribution in [2.75, 3.05) is 26.7 Å². The lowest BCUT2D eigenvalue weighted by atomic mass is 9.95. The number of nitrogens with two attached hydrogens (primary N) is 1. The third kappa shape index (κ3) is 5.04. The summed E-state index contributed by atoms with van der Waals surface area (Å²) in [6, 6.07) is 0.308. The van der Waals surface area contributed by atoms with Gasteiger partial charge < -0.3 is 16.0 Å². The number of carbonyl (C=O) groups is 1. The number of carbonyl (C=O) groups excluding carboxylic acids is 1. The third-order valence-corrected chi connectivity index (χ3v) is 3.38. The monoisotopic (exact) mass is 241 g/mol. The van der Waals surface area contributed by atoms with Crippen LogP contribution < -0.4 is 11.1 Å². The smallest absolute Gasteiger partial charge is 0.224 e. The van der Waals surface area contributed by atoms with E-state index in [4.69, 9.17) is 5.73 Å². The molecular formula is C13H27N3O. The number of hydrogen-bond donors (Lipinski definition) is 2. The molecule has 1 amide bonds. The Morgan fingerprint density at radius 1 is 1.53 bits per heavy atom. The Morgan fingerprint density at radius 2 is 2.24 bits per heavy atom. The van der Waals surface area contributed by atoms with Crippen LogP contribution in [0.4, 0.5) is 0 Å². The minimum Gasteiger partial charge on any atom is -0.352 e. The van der Waals surface area contributed by atoms with E-state index >= 15 is 0 Å². The molecule has 0 spiro atoms. The van der Waals surface area contributed by atoms with Crippen LogP contribution in [0, 0.1) is 11.8 Å². The Morgan fingerprint density at radius 3 is 2.76 bits per heavy atom. The van der Waals surface area contributed by atoms with Crippen LogP contribution in [0.3, 0.4) is 0 Å².